The number of rotatable bonds is 3. The Hall–Kier alpha value is -3.68. The fourth-order valence-corrected chi connectivity index (χ4v) is 2.95. The van der Waals surface area contributed by atoms with Crippen molar-refractivity contribution in [3.8, 4) is 0 Å². The van der Waals surface area contributed by atoms with Crippen LogP contribution in [0.15, 0.2) is 59.6 Å². The highest BCUT2D eigenvalue weighted by Crippen LogP contribution is 2.31. The summed E-state index contributed by atoms with van der Waals surface area (Å²) in [6, 6.07) is 16.0. The quantitative estimate of drug-likeness (QED) is 0.575. The summed E-state index contributed by atoms with van der Waals surface area (Å²) in [4.78, 5) is 32.0. The molecule has 1 aliphatic rings. The Morgan fingerprint density at radius 2 is 1.81 bits per heavy atom. The van der Waals surface area contributed by atoms with E-state index in [9.17, 15) is 9.59 Å². The van der Waals surface area contributed by atoms with Crippen LogP contribution >= 0.6 is 0 Å². The minimum atomic E-state index is -1.13. The first-order valence-electron chi connectivity index (χ1n) is 7.95. The maximum Gasteiger partial charge on any atom is 0.243 e. The van der Waals surface area contributed by atoms with Gasteiger partial charge in [0.2, 0.25) is 11.7 Å². The number of nitrogens with zero attached hydrogens (tertiary/aromatic N) is 5. The van der Waals surface area contributed by atoms with Gasteiger partial charge in [-0.15, -0.1) is 10.2 Å². The van der Waals surface area contributed by atoms with Gasteiger partial charge in [-0.3, -0.25) is 9.59 Å². The van der Waals surface area contributed by atoms with Gasteiger partial charge in [-0.1, -0.05) is 30.3 Å². The molecule has 3 aromatic rings. The molecule has 4 rings (SSSR count). The summed E-state index contributed by atoms with van der Waals surface area (Å²) < 4.78 is 0. The average Bonchev–Trinajstić information content (AvgIpc) is 3.21. The van der Waals surface area contributed by atoms with Crippen LogP contribution in [-0.4, -0.2) is 45.1 Å². The van der Waals surface area contributed by atoms with E-state index in [2.05, 4.69) is 25.6 Å². The summed E-state index contributed by atoms with van der Waals surface area (Å²) in [6.07, 6.45) is 0. The number of benzene rings is 2. The number of carbonyl (C=O) groups is 2. The number of Topliss-reactive ketones (excluding diaryl/α,β-unsaturated/α-hetero) is 1. The lowest BCUT2D eigenvalue weighted by Gasteiger charge is -2.30. The van der Waals surface area contributed by atoms with E-state index >= 15 is 0 Å². The number of amides is 1. The number of aromatic nitrogens is 4. The molecular formula is C18H14N6O2. The third-order valence-corrected chi connectivity index (χ3v) is 4.22. The van der Waals surface area contributed by atoms with Crippen molar-refractivity contribution in [1.82, 2.24) is 20.6 Å². The molecule has 0 saturated heterocycles. The van der Waals surface area contributed by atoms with E-state index < -0.39 is 5.92 Å². The third-order valence-electron chi connectivity index (χ3n) is 4.22. The average molecular weight is 346 g/mol. The largest absolute Gasteiger partial charge is 0.314 e. The third kappa shape index (κ3) is 2.57. The maximum absolute atomic E-state index is 13.1. The standard InChI is InChI=1S/C18H14N6O2/c1-24-13-10-6-5-9-12(13)16(25)14(18(24)26)15(17-20-22-23-21-17)19-11-7-3-2-4-8-11/h2-10,14H,1H3,(H,20,21,22,23). The van der Waals surface area contributed by atoms with Crippen molar-refractivity contribution in [1.29, 1.82) is 0 Å². The SMILES string of the molecule is CN1C(=O)C(C(=Nc2ccccc2)c2nn[nH]n2)C(=O)c2ccccc21. The Kier molecular flexibility index (Phi) is 3.85. The molecule has 8 heteroatoms. The molecule has 1 amide bonds. The van der Waals surface area contributed by atoms with Crippen LogP contribution in [0.5, 0.6) is 0 Å². The summed E-state index contributed by atoms with van der Waals surface area (Å²) >= 11 is 0. The lowest BCUT2D eigenvalue weighted by molar-refractivity contribution is -0.119. The van der Waals surface area contributed by atoms with E-state index in [0.717, 1.165) is 0 Å². The number of aliphatic imine (C=N–C) groups is 1. The second-order valence-corrected chi connectivity index (χ2v) is 5.78. The van der Waals surface area contributed by atoms with Crippen LogP contribution in [0.25, 0.3) is 0 Å². The first-order chi connectivity index (χ1) is 12.7. The molecule has 128 valence electrons. The summed E-state index contributed by atoms with van der Waals surface area (Å²) in [5.74, 6) is -1.72. The van der Waals surface area contributed by atoms with Crippen molar-refractivity contribution in [2.24, 2.45) is 10.9 Å². The van der Waals surface area contributed by atoms with Crippen LogP contribution in [0, 0.1) is 5.92 Å². The van der Waals surface area contributed by atoms with Crippen molar-refractivity contribution in [3.05, 3.63) is 66.0 Å². The van der Waals surface area contributed by atoms with Crippen molar-refractivity contribution in [2.75, 3.05) is 11.9 Å². The van der Waals surface area contributed by atoms with Gasteiger partial charge in [0.05, 0.1) is 11.4 Å². The lowest BCUT2D eigenvalue weighted by atomic mass is 9.86. The molecule has 8 nitrogen and oxygen atoms in total. The molecule has 0 fully saturated rings. The van der Waals surface area contributed by atoms with Gasteiger partial charge in [-0.2, -0.15) is 5.21 Å². The minimum absolute atomic E-state index is 0.119. The first-order valence-corrected chi connectivity index (χ1v) is 7.95. The highest BCUT2D eigenvalue weighted by Gasteiger charge is 2.42. The molecule has 1 aliphatic heterocycles. The van der Waals surface area contributed by atoms with Gasteiger partial charge >= 0.3 is 0 Å². The van der Waals surface area contributed by atoms with Crippen LogP contribution in [0.3, 0.4) is 0 Å². The topological polar surface area (TPSA) is 104 Å². The fourth-order valence-electron chi connectivity index (χ4n) is 2.95. The van der Waals surface area contributed by atoms with Gasteiger partial charge in [-0.05, 0) is 29.5 Å². The van der Waals surface area contributed by atoms with E-state index in [1.165, 1.54) is 4.90 Å². The molecule has 2 aromatic carbocycles. The van der Waals surface area contributed by atoms with E-state index in [-0.39, 0.29) is 23.2 Å². The zero-order chi connectivity index (χ0) is 18.1. The molecular weight excluding hydrogens is 332 g/mol. The van der Waals surface area contributed by atoms with E-state index in [4.69, 9.17) is 0 Å². The van der Waals surface area contributed by atoms with Gasteiger partial charge in [0, 0.05) is 12.6 Å². The van der Waals surface area contributed by atoms with Crippen molar-refractivity contribution < 1.29 is 9.59 Å². The Morgan fingerprint density at radius 3 is 2.54 bits per heavy atom. The number of H-pyrrole nitrogens is 1. The van der Waals surface area contributed by atoms with Crippen molar-refractivity contribution in [2.45, 2.75) is 0 Å². The number of ketones is 1. The van der Waals surface area contributed by atoms with Crippen LogP contribution in [0.4, 0.5) is 11.4 Å². The maximum atomic E-state index is 13.1. The number of nitrogens with one attached hydrogen (secondary N) is 1. The summed E-state index contributed by atoms with van der Waals surface area (Å²) in [5.41, 5.74) is 1.80. The number of tetrazole rings is 1. The second kappa shape index (κ2) is 6.32. The minimum Gasteiger partial charge on any atom is -0.314 e. The molecule has 0 saturated carbocycles. The van der Waals surface area contributed by atoms with Crippen molar-refractivity contribution >= 4 is 28.8 Å². The Morgan fingerprint density at radius 1 is 1.08 bits per heavy atom. The molecule has 0 bridgehead atoms. The first kappa shape index (κ1) is 15.8. The van der Waals surface area contributed by atoms with Gasteiger partial charge in [0.1, 0.15) is 11.6 Å². The molecule has 1 unspecified atom stereocenters. The number of hydrogen-bond acceptors (Lipinski definition) is 6. The Labute approximate surface area is 148 Å². The highest BCUT2D eigenvalue weighted by atomic mass is 16.2. The predicted molar refractivity (Wildman–Crippen MR) is 94.5 cm³/mol. The monoisotopic (exact) mass is 346 g/mol. The van der Waals surface area contributed by atoms with E-state index in [1.54, 1.807) is 43.4 Å². The van der Waals surface area contributed by atoms with Gasteiger partial charge in [0.25, 0.3) is 0 Å². The zero-order valence-corrected chi connectivity index (χ0v) is 13.8. The highest BCUT2D eigenvalue weighted by molar-refractivity contribution is 6.34. The number of anilines is 1. The summed E-state index contributed by atoms with van der Waals surface area (Å²) in [7, 11) is 1.64. The van der Waals surface area contributed by atoms with Gasteiger partial charge < -0.3 is 4.90 Å². The molecule has 0 spiro atoms. The number of para-hydroxylation sites is 2. The second-order valence-electron chi connectivity index (χ2n) is 5.78. The van der Waals surface area contributed by atoms with Crippen LogP contribution in [-0.2, 0) is 4.79 Å². The smallest absolute Gasteiger partial charge is 0.243 e. The molecule has 2 heterocycles. The molecule has 0 aliphatic carbocycles. The molecule has 1 aromatic heterocycles. The van der Waals surface area contributed by atoms with Gasteiger partial charge in [0.15, 0.2) is 5.78 Å². The number of aromatic amines is 1. The normalized spacial score (nSPS) is 17.3. The summed E-state index contributed by atoms with van der Waals surface area (Å²) in [5, 5.41) is 13.8. The van der Waals surface area contributed by atoms with Crippen molar-refractivity contribution in [3.63, 3.8) is 0 Å². The predicted octanol–water partition coefficient (Wildman–Crippen LogP) is 1.80. The van der Waals surface area contributed by atoms with Crippen LogP contribution < -0.4 is 4.90 Å². The fraction of sp³-hybridized carbons (Fsp3) is 0.111. The van der Waals surface area contributed by atoms with Crippen LogP contribution in [0.1, 0.15) is 16.2 Å². The number of hydrogen-bond donors (Lipinski definition) is 1. The number of carbonyl (C=O) groups excluding carboxylic acids is 2. The Balaban J connectivity index is 1.88. The molecule has 0 radical (unpaired) electrons. The van der Waals surface area contributed by atoms with E-state index in [1.807, 2.05) is 18.2 Å². The molecule has 1 N–H and O–H groups in total. The molecule has 26 heavy (non-hydrogen) atoms. The molecule has 1 atom stereocenters. The van der Waals surface area contributed by atoms with Gasteiger partial charge in [-0.25, -0.2) is 4.99 Å². The Bertz CT molecular complexity index is 998. The zero-order valence-electron chi connectivity index (χ0n) is 13.8. The van der Waals surface area contributed by atoms with Crippen LogP contribution in [0.2, 0.25) is 0 Å². The van der Waals surface area contributed by atoms with E-state index in [0.29, 0.717) is 16.9 Å². The summed E-state index contributed by atoms with van der Waals surface area (Å²) in [6.45, 7) is 0. The number of fused-ring (bicyclic) bond motifs is 1. The lowest BCUT2D eigenvalue weighted by Crippen LogP contribution is -2.46.